The van der Waals surface area contributed by atoms with Crippen molar-refractivity contribution in [3.05, 3.63) is 59.2 Å². The molecule has 1 aromatic rings. The van der Waals surface area contributed by atoms with E-state index in [1.54, 1.807) is 0 Å². The SMILES string of the molecule is CC1=CCC(c2ccc(C#N)cc2)C=[C]1. The molecule has 0 heterocycles. The first-order chi connectivity index (χ1) is 7.29. The number of rotatable bonds is 1. The van der Waals surface area contributed by atoms with Crippen LogP contribution in [0.2, 0.25) is 0 Å². The van der Waals surface area contributed by atoms with E-state index in [1.807, 2.05) is 24.3 Å². The van der Waals surface area contributed by atoms with Gasteiger partial charge in [-0.2, -0.15) is 5.26 Å². The Morgan fingerprint density at radius 2 is 2.07 bits per heavy atom. The van der Waals surface area contributed by atoms with Crippen molar-refractivity contribution in [2.75, 3.05) is 0 Å². The summed E-state index contributed by atoms with van der Waals surface area (Å²) in [4.78, 5) is 0. The fourth-order valence-corrected chi connectivity index (χ4v) is 1.70. The van der Waals surface area contributed by atoms with Crippen LogP contribution in [0.5, 0.6) is 0 Å². The van der Waals surface area contributed by atoms with Crippen molar-refractivity contribution in [1.82, 2.24) is 0 Å². The Hall–Kier alpha value is -1.81. The molecule has 0 aromatic heterocycles. The maximum atomic E-state index is 8.69. The predicted octanol–water partition coefficient (Wildman–Crippen LogP) is 3.35. The van der Waals surface area contributed by atoms with E-state index in [1.165, 1.54) is 11.1 Å². The van der Waals surface area contributed by atoms with Gasteiger partial charge in [-0.25, -0.2) is 0 Å². The van der Waals surface area contributed by atoms with E-state index in [-0.39, 0.29) is 0 Å². The lowest BCUT2D eigenvalue weighted by molar-refractivity contribution is 0.840. The topological polar surface area (TPSA) is 23.8 Å². The number of nitrogens with zero attached hydrogens (tertiary/aromatic N) is 1. The lowest BCUT2D eigenvalue weighted by atomic mass is 9.90. The second-order valence-electron chi connectivity index (χ2n) is 3.77. The summed E-state index contributed by atoms with van der Waals surface area (Å²) in [6.45, 7) is 2.06. The minimum Gasteiger partial charge on any atom is -0.192 e. The molecule has 1 heteroatoms. The van der Waals surface area contributed by atoms with Gasteiger partial charge in [0.15, 0.2) is 0 Å². The lowest BCUT2D eigenvalue weighted by Gasteiger charge is -2.14. The molecule has 0 amide bonds. The van der Waals surface area contributed by atoms with Crippen LogP contribution in [0.3, 0.4) is 0 Å². The third-order valence-electron chi connectivity index (χ3n) is 2.66. The van der Waals surface area contributed by atoms with E-state index in [9.17, 15) is 0 Å². The Morgan fingerprint density at radius 1 is 1.33 bits per heavy atom. The van der Waals surface area contributed by atoms with Gasteiger partial charge >= 0.3 is 0 Å². The van der Waals surface area contributed by atoms with Crippen molar-refractivity contribution in [3.8, 4) is 6.07 Å². The summed E-state index contributed by atoms with van der Waals surface area (Å²) in [5.41, 5.74) is 3.18. The van der Waals surface area contributed by atoms with Crippen LogP contribution in [0.25, 0.3) is 0 Å². The lowest BCUT2D eigenvalue weighted by Crippen LogP contribution is -1.97. The zero-order valence-electron chi connectivity index (χ0n) is 8.70. The highest BCUT2D eigenvalue weighted by Gasteiger charge is 2.09. The summed E-state index contributed by atoms with van der Waals surface area (Å²) in [6, 6.07) is 9.91. The predicted molar refractivity (Wildman–Crippen MR) is 60.1 cm³/mol. The molecule has 15 heavy (non-hydrogen) atoms. The zero-order valence-corrected chi connectivity index (χ0v) is 8.70. The van der Waals surface area contributed by atoms with Crippen molar-refractivity contribution < 1.29 is 0 Å². The standard InChI is InChI=1S/C14H12N/c1-11-2-6-13(7-3-11)14-8-4-12(10-15)5-9-14/h2,4-5,7-9,13H,6H2,1H3. The van der Waals surface area contributed by atoms with Gasteiger partial charge in [-0.15, -0.1) is 0 Å². The molecule has 1 atom stereocenters. The van der Waals surface area contributed by atoms with Gasteiger partial charge in [0.1, 0.15) is 0 Å². The van der Waals surface area contributed by atoms with Crippen LogP contribution in [-0.4, -0.2) is 0 Å². The number of hydrogen-bond donors (Lipinski definition) is 0. The van der Waals surface area contributed by atoms with Crippen molar-refractivity contribution in [3.63, 3.8) is 0 Å². The summed E-state index contributed by atoms with van der Waals surface area (Å²) in [5.74, 6) is 0.418. The van der Waals surface area contributed by atoms with Crippen LogP contribution in [0.1, 0.15) is 30.4 Å². The normalized spacial score (nSPS) is 19.5. The van der Waals surface area contributed by atoms with Crippen LogP contribution in [0, 0.1) is 17.4 Å². The third-order valence-corrected chi connectivity index (χ3v) is 2.66. The Balaban J connectivity index is 2.18. The molecule has 0 bridgehead atoms. The van der Waals surface area contributed by atoms with Gasteiger partial charge < -0.3 is 0 Å². The highest BCUT2D eigenvalue weighted by molar-refractivity contribution is 5.36. The Kier molecular flexibility index (Phi) is 2.69. The summed E-state index contributed by atoms with van der Waals surface area (Å²) < 4.78 is 0. The largest absolute Gasteiger partial charge is 0.192 e. The summed E-state index contributed by atoms with van der Waals surface area (Å²) in [6.07, 6.45) is 8.57. The highest BCUT2D eigenvalue weighted by Crippen LogP contribution is 2.26. The molecular weight excluding hydrogens is 182 g/mol. The smallest absolute Gasteiger partial charge is 0.0991 e. The number of allylic oxidation sites excluding steroid dienone is 4. The molecular formula is C14H12N. The summed E-state index contributed by atoms with van der Waals surface area (Å²) in [7, 11) is 0. The fourth-order valence-electron chi connectivity index (χ4n) is 1.70. The van der Waals surface area contributed by atoms with Crippen LogP contribution in [-0.2, 0) is 0 Å². The maximum absolute atomic E-state index is 8.69. The molecule has 0 N–H and O–H groups in total. The average molecular weight is 194 g/mol. The van der Waals surface area contributed by atoms with Gasteiger partial charge in [0.05, 0.1) is 11.6 Å². The molecule has 1 nitrogen and oxygen atoms in total. The van der Waals surface area contributed by atoms with Gasteiger partial charge in [0, 0.05) is 5.92 Å². The fraction of sp³-hybridized carbons (Fsp3) is 0.214. The molecule has 1 radical (unpaired) electrons. The van der Waals surface area contributed by atoms with Crippen molar-refractivity contribution in [2.24, 2.45) is 0 Å². The van der Waals surface area contributed by atoms with Gasteiger partial charge in [0.2, 0.25) is 0 Å². The monoisotopic (exact) mass is 194 g/mol. The van der Waals surface area contributed by atoms with Crippen molar-refractivity contribution in [2.45, 2.75) is 19.3 Å². The minimum absolute atomic E-state index is 0.418. The molecule has 1 aliphatic rings. The molecule has 1 aliphatic carbocycles. The van der Waals surface area contributed by atoms with E-state index >= 15 is 0 Å². The van der Waals surface area contributed by atoms with Crippen molar-refractivity contribution in [1.29, 1.82) is 5.26 Å². The van der Waals surface area contributed by atoms with E-state index < -0.39 is 0 Å². The molecule has 0 saturated carbocycles. The molecule has 0 saturated heterocycles. The van der Waals surface area contributed by atoms with E-state index in [0.29, 0.717) is 11.5 Å². The Bertz CT molecular complexity index is 443. The van der Waals surface area contributed by atoms with Gasteiger partial charge in [0.25, 0.3) is 0 Å². The first-order valence-corrected chi connectivity index (χ1v) is 5.06. The molecule has 2 rings (SSSR count). The molecule has 73 valence electrons. The molecule has 1 unspecified atom stereocenters. The van der Waals surface area contributed by atoms with Crippen LogP contribution < -0.4 is 0 Å². The quantitative estimate of drug-likeness (QED) is 0.672. The summed E-state index contributed by atoms with van der Waals surface area (Å²) in [5, 5.41) is 8.69. The summed E-state index contributed by atoms with van der Waals surface area (Å²) >= 11 is 0. The average Bonchev–Trinajstić information content (AvgIpc) is 2.30. The molecule has 1 aromatic carbocycles. The van der Waals surface area contributed by atoms with Crippen LogP contribution in [0.4, 0.5) is 0 Å². The minimum atomic E-state index is 0.418. The zero-order chi connectivity index (χ0) is 10.7. The highest BCUT2D eigenvalue weighted by atomic mass is 14.2. The van der Waals surface area contributed by atoms with Gasteiger partial charge in [-0.05, 0) is 42.7 Å². The second kappa shape index (κ2) is 4.14. The first-order valence-electron chi connectivity index (χ1n) is 5.06. The maximum Gasteiger partial charge on any atom is 0.0991 e. The van der Waals surface area contributed by atoms with Gasteiger partial charge in [-0.1, -0.05) is 24.3 Å². The number of hydrogen-bond acceptors (Lipinski definition) is 1. The Labute approximate surface area is 90.4 Å². The number of benzene rings is 1. The van der Waals surface area contributed by atoms with E-state index in [0.717, 1.165) is 6.42 Å². The third kappa shape index (κ3) is 2.16. The molecule has 0 spiro atoms. The van der Waals surface area contributed by atoms with Crippen LogP contribution >= 0.6 is 0 Å². The number of nitriles is 1. The Morgan fingerprint density at radius 3 is 2.60 bits per heavy atom. The van der Waals surface area contributed by atoms with Crippen LogP contribution in [0.15, 0.2) is 42.0 Å². The first kappa shape index (κ1) is 9.73. The van der Waals surface area contributed by atoms with Crippen molar-refractivity contribution >= 4 is 0 Å². The molecule has 0 aliphatic heterocycles. The second-order valence-corrected chi connectivity index (χ2v) is 3.77. The van der Waals surface area contributed by atoms with E-state index in [2.05, 4.69) is 31.2 Å². The molecule has 0 fully saturated rings. The van der Waals surface area contributed by atoms with E-state index in [4.69, 9.17) is 5.26 Å². The van der Waals surface area contributed by atoms with Gasteiger partial charge in [-0.3, -0.25) is 0 Å².